The Morgan fingerprint density at radius 3 is 1.64 bits per heavy atom. The smallest absolute Gasteiger partial charge is 0.132 e. The van der Waals surface area contributed by atoms with Crippen LogP contribution in [0.3, 0.4) is 0 Å². The summed E-state index contributed by atoms with van der Waals surface area (Å²) in [5, 5.41) is 6.99. The molecule has 42 heavy (non-hydrogen) atoms. The molecule has 3 aliphatic heterocycles. The Morgan fingerprint density at radius 1 is 0.548 bits per heavy atom. The summed E-state index contributed by atoms with van der Waals surface area (Å²) >= 11 is 0. The maximum Gasteiger partial charge on any atom is 0.132 e. The van der Waals surface area contributed by atoms with E-state index >= 15 is 0 Å². The van der Waals surface area contributed by atoms with Crippen LogP contribution < -0.4 is 14.2 Å². The highest BCUT2D eigenvalue weighted by Crippen LogP contribution is 2.53. The van der Waals surface area contributed by atoms with Crippen molar-refractivity contribution in [2.75, 3.05) is 26.4 Å². The minimum Gasteiger partial charge on any atom is -0.491 e. The second-order valence-corrected chi connectivity index (χ2v) is 11.4. The first-order chi connectivity index (χ1) is 20.8. The van der Waals surface area contributed by atoms with Gasteiger partial charge in [0.15, 0.2) is 0 Å². The molecule has 2 unspecified atom stereocenters. The summed E-state index contributed by atoms with van der Waals surface area (Å²) in [6.07, 6.45) is 0.389. The Balaban J connectivity index is 1.27. The number of hydrogen-bond donors (Lipinski definition) is 0. The van der Waals surface area contributed by atoms with Crippen LogP contribution in [0.25, 0.3) is 32.3 Å². The van der Waals surface area contributed by atoms with Gasteiger partial charge in [-0.3, -0.25) is 0 Å². The zero-order valence-electron chi connectivity index (χ0n) is 22.9. The Bertz CT molecular complexity index is 1900. The Kier molecular flexibility index (Phi) is 5.43. The summed E-state index contributed by atoms with van der Waals surface area (Å²) in [4.78, 5) is 0. The fourth-order valence-corrected chi connectivity index (χ4v) is 6.25. The molecular weight excluding hydrogens is 524 g/mol. The van der Waals surface area contributed by atoms with Crippen LogP contribution in [0.5, 0.6) is 23.0 Å². The first kappa shape index (κ1) is 24.1. The van der Waals surface area contributed by atoms with E-state index in [1.165, 1.54) is 16.3 Å². The van der Waals surface area contributed by atoms with Crippen LogP contribution in [0.15, 0.2) is 103 Å². The fraction of sp³-hybridized carbons (Fsp3) is 0.189. The van der Waals surface area contributed by atoms with Crippen molar-refractivity contribution in [2.45, 2.75) is 18.1 Å². The Labute approximate surface area is 243 Å². The quantitative estimate of drug-likeness (QED) is 0.188. The maximum atomic E-state index is 6.71. The highest BCUT2D eigenvalue weighted by atomic mass is 16.6. The standard InChI is InChI=1S/C37H28O5/c1-2-4-25-15-26(6-5-22(25)3-1)35-36-31-16-27(38-18-29-20-40-29)11-7-23(31)9-13-33(36)42-34-14-10-24-8-12-28(17-32(24)37(34)35)39-19-30-21-41-30/h1-17,29-30,35H,18-21H2. The molecule has 9 rings (SSSR count). The van der Waals surface area contributed by atoms with E-state index in [4.69, 9.17) is 23.7 Å². The fourth-order valence-electron chi connectivity index (χ4n) is 6.25. The molecule has 0 radical (unpaired) electrons. The van der Waals surface area contributed by atoms with Crippen molar-refractivity contribution in [3.05, 3.63) is 120 Å². The number of epoxide rings is 2. The van der Waals surface area contributed by atoms with E-state index in [0.29, 0.717) is 13.2 Å². The van der Waals surface area contributed by atoms with Crippen molar-refractivity contribution in [2.24, 2.45) is 0 Å². The number of hydrogen-bond acceptors (Lipinski definition) is 5. The number of ether oxygens (including phenoxy) is 5. The zero-order valence-corrected chi connectivity index (χ0v) is 22.9. The van der Waals surface area contributed by atoms with Crippen LogP contribution in [0.1, 0.15) is 22.6 Å². The van der Waals surface area contributed by atoms with E-state index < -0.39 is 0 Å². The molecule has 2 atom stereocenters. The van der Waals surface area contributed by atoms with E-state index in [1.807, 2.05) is 12.1 Å². The summed E-state index contributed by atoms with van der Waals surface area (Å²) in [5.74, 6) is 3.35. The topological polar surface area (TPSA) is 52.8 Å². The highest BCUT2D eigenvalue weighted by molar-refractivity contribution is 5.96. The normalized spacial score (nSPS) is 20.1. The maximum absolute atomic E-state index is 6.71. The van der Waals surface area contributed by atoms with Crippen molar-refractivity contribution >= 4 is 32.3 Å². The molecule has 206 valence electrons. The molecule has 0 amide bonds. The van der Waals surface area contributed by atoms with Gasteiger partial charge in [-0.2, -0.15) is 0 Å². The first-order valence-corrected chi connectivity index (χ1v) is 14.6. The molecule has 0 aromatic heterocycles. The van der Waals surface area contributed by atoms with Gasteiger partial charge in [-0.05, 0) is 74.3 Å². The molecule has 0 saturated carbocycles. The van der Waals surface area contributed by atoms with E-state index in [-0.39, 0.29) is 18.1 Å². The van der Waals surface area contributed by atoms with E-state index in [9.17, 15) is 0 Å². The number of fused-ring (bicyclic) bond motifs is 7. The zero-order chi connectivity index (χ0) is 27.6. The lowest BCUT2D eigenvalue weighted by molar-refractivity contribution is 0.263. The van der Waals surface area contributed by atoms with Gasteiger partial charge in [0.25, 0.3) is 0 Å². The predicted molar refractivity (Wildman–Crippen MR) is 163 cm³/mol. The third kappa shape index (κ3) is 4.25. The van der Waals surface area contributed by atoms with Gasteiger partial charge in [0, 0.05) is 17.0 Å². The molecule has 0 N–H and O–H groups in total. The molecule has 6 aromatic rings. The summed E-state index contributed by atoms with van der Waals surface area (Å²) < 4.78 is 29.7. The lowest BCUT2D eigenvalue weighted by atomic mass is 9.78. The van der Waals surface area contributed by atoms with Crippen LogP contribution in [-0.4, -0.2) is 38.6 Å². The van der Waals surface area contributed by atoms with Gasteiger partial charge in [-0.25, -0.2) is 0 Å². The van der Waals surface area contributed by atoms with E-state index in [1.54, 1.807) is 0 Å². The van der Waals surface area contributed by atoms with Crippen LogP contribution in [0.2, 0.25) is 0 Å². The number of benzene rings is 6. The lowest BCUT2D eigenvalue weighted by Crippen LogP contribution is -2.13. The minimum absolute atomic E-state index is 0.0650. The van der Waals surface area contributed by atoms with Crippen LogP contribution >= 0.6 is 0 Å². The van der Waals surface area contributed by atoms with Crippen molar-refractivity contribution in [1.82, 2.24) is 0 Å². The van der Waals surface area contributed by atoms with Gasteiger partial charge in [0.05, 0.1) is 13.2 Å². The largest absolute Gasteiger partial charge is 0.491 e. The molecular formula is C37H28O5. The Morgan fingerprint density at radius 2 is 1.07 bits per heavy atom. The van der Waals surface area contributed by atoms with Gasteiger partial charge in [0.1, 0.15) is 48.4 Å². The molecule has 0 aliphatic carbocycles. The lowest BCUT2D eigenvalue weighted by Gasteiger charge is -2.31. The second kappa shape index (κ2) is 9.48. The van der Waals surface area contributed by atoms with Gasteiger partial charge in [-0.15, -0.1) is 0 Å². The third-order valence-electron chi connectivity index (χ3n) is 8.57. The van der Waals surface area contributed by atoms with E-state index in [0.717, 1.165) is 68.9 Å². The first-order valence-electron chi connectivity index (χ1n) is 14.6. The summed E-state index contributed by atoms with van der Waals surface area (Å²) in [6.45, 7) is 2.66. The molecule has 2 saturated heterocycles. The minimum atomic E-state index is -0.0650. The Hall–Kier alpha value is -4.58. The monoisotopic (exact) mass is 552 g/mol. The van der Waals surface area contributed by atoms with Gasteiger partial charge in [0.2, 0.25) is 0 Å². The number of rotatable bonds is 7. The summed E-state index contributed by atoms with van der Waals surface area (Å²) in [6, 6.07) is 36.5. The van der Waals surface area contributed by atoms with E-state index in [2.05, 4.69) is 91.0 Å². The predicted octanol–water partition coefficient (Wildman–Crippen LogP) is 7.99. The molecule has 3 heterocycles. The van der Waals surface area contributed by atoms with Crippen LogP contribution in [-0.2, 0) is 9.47 Å². The van der Waals surface area contributed by atoms with Crippen molar-refractivity contribution in [3.8, 4) is 23.0 Å². The average molecular weight is 553 g/mol. The van der Waals surface area contributed by atoms with Crippen molar-refractivity contribution in [3.63, 3.8) is 0 Å². The summed E-state index contributed by atoms with van der Waals surface area (Å²) in [7, 11) is 0. The third-order valence-corrected chi connectivity index (χ3v) is 8.57. The molecule has 0 bridgehead atoms. The van der Waals surface area contributed by atoms with Crippen LogP contribution in [0, 0.1) is 0 Å². The van der Waals surface area contributed by atoms with Crippen molar-refractivity contribution in [1.29, 1.82) is 0 Å². The second-order valence-electron chi connectivity index (χ2n) is 11.4. The molecule has 2 fully saturated rings. The SMILES string of the molecule is c1ccc2cc(C3c4c(ccc5ccc(OCC6CO6)cc45)Oc4ccc5ccc(OCC6CO6)cc5c43)ccc2c1. The molecule has 5 heteroatoms. The molecule has 0 spiro atoms. The van der Waals surface area contributed by atoms with Gasteiger partial charge in [-0.1, -0.05) is 66.7 Å². The summed E-state index contributed by atoms with van der Waals surface area (Å²) in [5.41, 5.74) is 3.51. The molecule has 6 aromatic carbocycles. The van der Waals surface area contributed by atoms with Gasteiger partial charge >= 0.3 is 0 Å². The van der Waals surface area contributed by atoms with Crippen LogP contribution in [0.4, 0.5) is 0 Å². The molecule has 3 aliphatic rings. The highest BCUT2D eigenvalue weighted by Gasteiger charge is 2.33. The molecule has 5 nitrogen and oxygen atoms in total. The van der Waals surface area contributed by atoms with Crippen molar-refractivity contribution < 1.29 is 23.7 Å². The average Bonchev–Trinajstić information content (AvgIpc) is 3.97. The van der Waals surface area contributed by atoms with Gasteiger partial charge < -0.3 is 23.7 Å².